The first-order valence-electron chi connectivity index (χ1n) is 15.5. The molecule has 2 aliphatic carbocycles. The van der Waals surface area contributed by atoms with E-state index in [1.54, 1.807) is 19.9 Å². The van der Waals surface area contributed by atoms with Crippen molar-refractivity contribution in [1.82, 2.24) is 0 Å². The van der Waals surface area contributed by atoms with Crippen molar-refractivity contribution < 1.29 is 49.6 Å². The summed E-state index contributed by atoms with van der Waals surface area (Å²) in [6.07, 6.45) is -3.76. The summed E-state index contributed by atoms with van der Waals surface area (Å²) >= 11 is 0. The molecular formula is C32H54O10. The maximum absolute atomic E-state index is 10.7. The molecule has 6 N–H and O–H groups in total. The highest BCUT2D eigenvalue weighted by Gasteiger charge is 2.59. The van der Waals surface area contributed by atoms with Crippen molar-refractivity contribution in [2.75, 3.05) is 0 Å². The molecule has 3 fully saturated rings. The summed E-state index contributed by atoms with van der Waals surface area (Å²) in [4.78, 5) is 0. The molecule has 16 atom stereocenters. The number of hydrogen-bond acceptors (Lipinski definition) is 10. The van der Waals surface area contributed by atoms with E-state index in [0.29, 0.717) is 12.8 Å². The Bertz CT molecular complexity index is 990. The SMILES string of the molecule is C=C[C@@](C)(CC[C@]1(C)[C@@H](C)CC(O[C@@H]2O[C@@H](C)[C@H](O)[C@@H](O)[C@H]2O)[C@]2(C)C(C)=CCC[C@@H]12)O[C@@H]1O[C@@H](C)[C@@H](O)[C@@H](O)[C@@H]1O. The molecule has 1 unspecified atom stereocenters. The van der Waals surface area contributed by atoms with E-state index in [4.69, 9.17) is 18.9 Å². The lowest BCUT2D eigenvalue weighted by atomic mass is 9.45. The minimum absolute atomic E-state index is 0.137. The molecule has 10 nitrogen and oxygen atoms in total. The van der Waals surface area contributed by atoms with E-state index in [-0.39, 0.29) is 28.8 Å². The fourth-order valence-electron chi connectivity index (χ4n) is 7.94. The Kier molecular flexibility index (Phi) is 10.1. The molecule has 10 heteroatoms. The summed E-state index contributed by atoms with van der Waals surface area (Å²) in [5.41, 5.74) is -0.144. The third-order valence-electron chi connectivity index (χ3n) is 11.5. The molecule has 2 saturated heterocycles. The molecule has 0 spiro atoms. The average molecular weight is 599 g/mol. The van der Waals surface area contributed by atoms with Gasteiger partial charge in [-0.15, -0.1) is 6.58 Å². The van der Waals surface area contributed by atoms with Crippen LogP contribution in [0.15, 0.2) is 24.3 Å². The third kappa shape index (κ3) is 5.89. The van der Waals surface area contributed by atoms with Gasteiger partial charge in [-0.3, -0.25) is 0 Å². The molecule has 2 aliphatic heterocycles. The number of rotatable bonds is 8. The van der Waals surface area contributed by atoms with Crippen molar-refractivity contribution in [3.8, 4) is 0 Å². The van der Waals surface area contributed by atoms with Crippen molar-refractivity contribution in [3.05, 3.63) is 24.3 Å². The zero-order valence-corrected chi connectivity index (χ0v) is 26.2. The Morgan fingerprint density at radius 1 is 0.929 bits per heavy atom. The van der Waals surface area contributed by atoms with Crippen LogP contribution in [-0.4, -0.2) is 104 Å². The summed E-state index contributed by atoms with van der Waals surface area (Å²) in [6.45, 7) is 18.1. The molecule has 42 heavy (non-hydrogen) atoms. The lowest BCUT2D eigenvalue weighted by molar-refractivity contribution is -0.322. The Morgan fingerprint density at radius 2 is 1.48 bits per heavy atom. The maximum Gasteiger partial charge on any atom is 0.187 e. The van der Waals surface area contributed by atoms with E-state index in [2.05, 4.69) is 40.3 Å². The van der Waals surface area contributed by atoms with Gasteiger partial charge >= 0.3 is 0 Å². The molecule has 1 saturated carbocycles. The van der Waals surface area contributed by atoms with Crippen LogP contribution >= 0.6 is 0 Å². The lowest BCUT2D eigenvalue weighted by Gasteiger charge is -2.61. The topological polar surface area (TPSA) is 158 Å². The highest BCUT2D eigenvalue weighted by molar-refractivity contribution is 5.24. The molecular weight excluding hydrogens is 544 g/mol. The fourth-order valence-corrected chi connectivity index (χ4v) is 7.94. The van der Waals surface area contributed by atoms with E-state index in [1.165, 1.54) is 5.57 Å². The summed E-state index contributed by atoms with van der Waals surface area (Å²) in [6, 6.07) is 0. The van der Waals surface area contributed by atoms with Gasteiger partial charge in [-0.25, -0.2) is 0 Å². The monoisotopic (exact) mass is 598 g/mol. The molecule has 0 aromatic carbocycles. The van der Waals surface area contributed by atoms with E-state index >= 15 is 0 Å². The largest absolute Gasteiger partial charge is 0.388 e. The normalized spacial score (nSPS) is 51.3. The lowest BCUT2D eigenvalue weighted by Crippen LogP contribution is -2.62. The molecule has 4 rings (SSSR count). The number of aliphatic hydroxyl groups is 6. The zero-order valence-electron chi connectivity index (χ0n) is 26.2. The van der Waals surface area contributed by atoms with Crippen LogP contribution < -0.4 is 0 Å². The minimum Gasteiger partial charge on any atom is -0.388 e. The van der Waals surface area contributed by atoms with Crippen LogP contribution in [0.3, 0.4) is 0 Å². The zero-order chi connectivity index (χ0) is 31.4. The fraction of sp³-hybridized carbons (Fsp3) is 0.875. The van der Waals surface area contributed by atoms with Crippen LogP contribution in [-0.2, 0) is 18.9 Å². The van der Waals surface area contributed by atoms with Crippen molar-refractivity contribution >= 4 is 0 Å². The number of hydrogen-bond donors (Lipinski definition) is 6. The standard InChI is InChI=1S/C32H54O10/c1-9-30(6,42-29-27(38)25(36)23(34)19(5)40-29)13-14-31(7)17(3)15-21(32(8)16(2)11-10-12-20(31)32)41-28-26(37)24(35)22(33)18(4)39-28/h9,11,17-29,33-38H,1,10,12-15H2,2-8H3/t17-,18-,19-,20-,21?,22-,23+,24+,25+,26+,27-,28-,29-,30-,31+,32+/m0/s1. The first kappa shape index (κ1) is 34.0. The molecule has 4 aliphatic rings. The Labute approximate surface area is 250 Å². The van der Waals surface area contributed by atoms with E-state index in [0.717, 1.165) is 19.3 Å². The number of fused-ring (bicyclic) bond motifs is 1. The molecule has 0 radical (unpaired) electrons. The van der Waals surface area contributed by atoms with E-state index in [1.807, 2.05) is 6.92 Å². The van der Waals surface area contributed by atoms with Crippen LogP contribution in [0.1, 0.15) is 80.6 Å². The highest BCUT2D eigenvalue weighted by atomic mass is 16.7. The average Bonchev–Trinajstić information content (AvgIpc) is 2.95. The Morgan fingerprint density at radius 3 is 2.05 bits per heavy atom. The van der Waals surface area contributed by atoms with Gasteiger partial charge < -0.3 is 49.6 Å². The van der Waals surface area contributed by atoms with Crippen LogP contribution in [0.4, 0.5) is 0 Å². The first-order chi connectivity index (χ1) is 19.5. The quantitative estimate of drug-likeness (QED) is 0.229. The molecule has 2 heterocycles. The van der Waals surface area contributed by atoms with Gasteiger partial charge in [-0.1, -0.05) is 38.5 Å². The molecule has 0 amide bonds. The summed E-state index contributed by atoms with van der Waals surface area (Å²) in [5, 5.41) is 62.2. The number of aliphatic hydroxyl groups excluding tert-OH is 6. The van der Waals surface area contributed by atoms with Gasteiger partial charge in [0.1, 0.15) is 36.6 Å². The minimum atomic E-state index is -1.40. The van der Waals surface area contributed by atoms with Gasteiger partial charge in [0.05, 0.1) is 23.9 Å². The van der Waals surface area contributed by atoms with Crippen molar-refractivity contribution in [1.29, 1.82) is 0 Å². The Hall–Kier alpha value is -0.920. The van der Waals surface area contributed by atoms with Gasteiger partial charge in [0.25, 0.3) is 0 Å². The van der Waals surface area contributed by atoms with E-state index < -0.39 is 67.0 Å². The van der Waals surface area contributed by atoms with Gasteiger partial charge in [-0.05, 0) is 77.0 Å². The maximum atomic E-state index is 10.7. The van der Waals surface area contributed by atoms with Gasteiger partial charge in [0.15, 0.2) is 12.6 Å². The summed E-state index contributed by atoms with van der Waals surface area (Å²) < 4.78 is 24.4. The Balaban J connectivity index is 1.54. The highest BCUT2D eigenvalue weighted by Crippen LogP contribution is 2.63. The third-order valence-corrected chi connectivity index (χ3v) is 11.5. The van der Waals surface area contributed by atoms with Crippen LogP contribution in [0.25, 0.3) is 0 Å². The predicted octanol–water partition coefficient (Wildman–Crippen LogP) is 2.18. The van der Waals surface area contributed by atoms with Crippen LogP contribution in [0, 0.1) is 22.7 Å². The number of allylic oxidation sites excluding steroid dienone is 1. The molecule has 0 bridgehead atoms. The molecule has 0 aromatic rings. The van der Waals surface area contributed by atoms with Crippen LogP contribution in [0.2, 0.25) is 0 Å². The van der Waals surface area contributed by atoms with Gasteiger partial charge in [-0.2, -0.15) is 0 Å². The van der Waals surface area contributed by atoms with Crippen LogP contribution in [0.5, 0.6) is 0 Å². The van der Waals surface area contributed by atoms with Gasteiger partial charge in [0, 0.05) is 5.41 Å². The van der Waals surface area contributed by atoms with Gasteiger partial charge in [0.2, 0.25) is 0 Å². The number of ether oxygens (including phenoxy) is 4. The molecule has 242 valence electrons. The molecule has 0 aromatic heterocycles. The van der Waals surface area contributed by atoms with Crippen molar-refractivity contribution in [2.24, 2.45) is 22.7 Å². The summed E-state index contributed by atoms with van der Waals surface area (Å²) in [5.74, 6) is 0.433. The van der Waals surface area contributed by atoms with Crippen molar-refractivity contribution in [3.63, 3.8) is 0 Å². The first-order valence-corrected chi connectivity index (χ1v) is 15.5. The predicted molar refractivity (Wildman–Crippen MR) is 155 cm³/mol. The summed E-state index contributed by atoms with van der Waals surface area (Å²) in [7, 11) is 0. The second kappa shape index (κ2) is 12.5. The van der Waals surface area contributed by atoms with Crippen molar-refractivity contribution in [2.45, 2.75) is 154 Å². The smallest absolute Gasteiger partial charge is 0.187 e. The second-order valence-corrected chi connectivity index (χ2v) is 14.1. The van der Waals surface area contributed by atoms with E-state index in [9.17, 15) is 30.6 Å². The second-order valence-electron chi connectivity index (χ2n) is 14.1.